The maximum absolute atomic E-state index is 6.41. The molecule has 54 heavy (non-hydrogen) atoms. The van der Waals surface area contributed by atoms with Crippen LogP contribution in [0, 0.1) is 0 Å². The topological polar surface area (TPSA) is 26.3 Å². The van der Waals surface area contributed by atoms with Crippen molar-refractivity contribution in [2.45, 2.75) is 0 Å². The van der Waals surface area contributed by atoms with E-state index < -0.39 is 0 Å². The minimum Gasteiger partial charge on any atom is -0.455 e. The van der Waals surface area contributed by atoms with Gasteiger partial charge in [0.15, 0.2) is 0 Å². The minimum absolute atomic E-state index is 0.914. The van der Waals surface area contributed by atoms with Gasteiger partial charge in [0, 0.05) is 32.7 Å². The third-order valence-corrected chi connectivity index (χ3v) is 11.5. The molecular formula is C52H30O2. The normalized spacial score (nSPS) is 12.1. The highest BCUT2D eigenvalue weighted by Crippen LogP contribution is 2.45. The molecule has 2 heterocycles. The Morgan fingerprint density at radius 1 is 0.259 bits per heavy atom. The van der Waals surface area contributed by atoms with Crippen molar-refractivity contribution in [3.63, 3.8) is 0 Å². The fraction of sp³-hybridized carbons (Fsp3) is 0. The van der Waals surface area contributed by atoms with Gasteiger partial charge in [-0.3, -0.25) is 0 Å². The van der Waals surface area contributed by atoms with Crippen molar-refractivity contribution in [3.8, 4) is 44.5 Å². The van der Waals surface area contributed by atoms with E-state index >= 15 is 0 Å². The minimum atomic E-state index is 0.914. The second kappa shape index (κ2) is 11.2. The molecule has 2 nitrogen and oxygen atoms in total. The lowest BCUT2D eigenvalue weighted by atomic mass is 9.85. The van der Waals surface area contributed by atoms with Crippen molar-refractivity contribution in [2.24, 2.45) is 0 Å². The Morgan fingerprint density at radius 2 is 0.667 bits per heavy atom. The van der Waals surface area contributed by atoms with E-state index in [9.17, 15) is 0 Å². The average molecular weight is 687 g/mol. The molecule has 0 aliphatic rings. The second-order valence-electron chi connectivity index (χ2n) is 14.4. The molecule has 12 aromatic rings. The first-order valence-electron chi connectivity index (χ1n) is 18.5. The van der Waals surface area contributed by atoms with Crippen LogP contribution in [0.2, 0.25) is 0 Å². The molecule has 0 saturated heterocycles. The summed E-state index contributed by atoms with van der Waals surface area (Å²) in [5.74, 6) is 0. The lowest BCUT2D eigenvalue weighted by molar-refractivity contribution is 0.669. The molecule has 0 radical (unpaired) electrons. The van der Waals surface area contributed by atoms with Gasteiger partial charge in [0.05, 0.1) is 0 Å². The smallest absolute Gasteiger partial charge is 0.143 e. The van der Waals surface area contributed by atoms with Crippen molar-refractivity contribution < 1.29 is 8.83 Å². The molecule has 2 heteroatoms. The first-order chi connectivity index (χ1) is 26.8. The summed E-state index contributed by atoms with van der Waals surface area (Å²) in [5, 5.41) is 12.2. The number of fused-ring (bicyclic) bond motifs is 6. The maximum atomic E-state index is 6.41. The highest BCUT2D eigenvalue weighted by atomic mass is 16.3. The van der Waals surface area contributed by atoms with Crippen LogP contribution in [0.4, 0.5) is 0 Å². The molecule has 0 aliphatic heterocycles. The third-order valence-electron chi connectivity index (χ3n) is 11.5. The first-order valence-corrected chi connectivity index (χ1v) is 18.5. The lowest BCUT2D eigenvalue weighted by Crippen LogP contribution is -1.91. The van der Waals surface area contributed by atoms with Gasteiger partial charge in [-0.1, -0.05) is 164 Å². The van der Waals surface area contributed by atoms with E-state index in [4.69, 9.17) is 8.83 Å². The SMILES string of the molecule is c1cc2ccc3c(-c4ccc(-c5cccc6c5oc5ccccc56)cc4)cc(-c4ccc(-c5cccc6c5oc5ccccc56)cc4)c4ccc(c1)c2c34. The van der Waals surface area contributed by atoms with E-state index in [1.807, 2.05) is 24.3 Å². The summed E-state index contributed by atoms with van der Waals surface area (Å²) in [6, 6.07) is 65.6. The molecule has 0 bridgehead atoms. The summed E-state index contributed by atoms with van der Waals surface area (Å²) in [4.78, 5) is 0. The summed E-state index contributed by atoms with van der Waals surface area (Å²) in [6.45, 7) is 0. The van der Waals surface area contributed by atoms with E-state index in [1.165, 1.54) is 54.6 Å². The number of rotatable bonds is 4. The highest BCUT2D eigenvalue weighted by Gasteiger charge is 2.18. The predicted octanol–water partition coefficient (Wildman–Crippen LogP) is 15.1. The Bertz CT molecular complexity index is 3190. The van der Waals surface area contributed by atoms with E-state index in [1.54, 1.807) is 0 Å². The summed E-state index contributed by atoms with van der Waals surface area (Å²) >= 11 is 0. The van der Waals surface area contributed by atoms with Crippen LogP contribution in [0.3, 0.4) is 0 Å². The zero-order valence-corrected chi connectivity index (χ0v) is 29.1. The predicted molar refractivity (Wildman–Crippen MR) is 226 cm³/mol. The quantitative estimate of drug-likeness (QED) is 0.172. The monoisotopic (exact) mass is 686 g/mol. The maximum Gasteiger partial charge on any atom is 0.143 e. The lowest BCUT2D eigenvalue weighted by Gasteiger charge is -2.18. The molecule has 0 saturated carbocycles. The van der Waals surface area contributed by atoms with Gasteiger partial charge in [-0.2, -0.15) is 0 Å². The van der Waals surface area contributed by atoms with Crippen molar-refractivity contribution in [1.82, 2.24) is 0 Å². The van der Waals surface area contributed by atoms with Crippen LogP contribution in [0.5, 0.6) is 0 Å². The van der Waals surface area contributed by atoms with Crippen molar-refractivity contribution >= 4 is 76.2 Å². The van der Waals surface area contributed by atoms with Gasteiger partial charge < -0.3 is 8.83 Å². The molecule has 10 aromatic carbocycles. The zero-order valence-electron chi connectivity index (χ0n) is 29.1. The molecule has 0 amide bonds. The Kier molecular flexibility index (Phi) is 6.09. The molecule has 12 rings (SSSR count). The van der Waals surface area contributed by atoms with Crippen LogP contribution in [0.1, 0.15) is 0 Å². The molecule has 0 N–H and O–H groups in total. The summed E-state index contributed by atoms with van der Waals surface area (Å²) in [5.41, 5.74) is 13.0. The number of benzene rings is 10. The number of hydrogen-bond donors (Lipinski definition) is 0. The molecule has 0 spiro atoms. The fourth-order valence-corrected chi connectivity index (χ4v) is 8.92. The summed E-state index contributed by atoms with van der Waals surface area (Å²) in [6.07, 6.45) is 0. The standard InChI is InChI=1S/C52H30O2/c1-3-16-47-39(10-1)43-14-6-12-37(51(43)53-47)31-18-22-33(23-19-31)45-30-46(42-29-27-36-9-5-8-35-26-28-41(45)50(42)49(35)36)34-24-20-32(21-25-34)38-13-7-15-44-40-11-2-4-17-48(40)54-52(38)44/h1-30H. The number of furan rings is 2. The van der Waals surface area contributed by atoms with Gasteiger partial charge >= 0.3 is 0 Å². The molecular weight excluding hydrogens is 657 g/mol. The number of hydrogen-bond acceptors (Lipinski definition) is 2. The van der Waals surface area contributed by atoms with Crippen LogP contribution in [0.25, 0.3) is 121 Å². The van der Waals surface area contributed by atoms with Crippen LogP contribution in [0.15, 0.2) is 191 Å². The fourth-order valence-electron chi connectivity index (χ4n) is 8.92. The van der Waals surface area contributed by atoms with Crippen LogP contribution >= 0.6 is 0 Å². The number of para-hydroxylation sites is 4. The molecule has 250 valence electrons. The Hall–Kier alpha value is -7.16. The third kappa shape index (κ3) is 4.22. The molecule has 0 aliphatic carbocycles. The van der Waals surface area contributed by atoms with E-state index in [-0.39, 0.29) is 0 Å². The first kappa shape index (κ1) is 29.4. The molecule has 0 unspecified atom stereocenters. The van der Waals surface area contributed by atoms with Crippen LogP contribution in [-0.4, -0.2) is 0 Å². The van der Waals surface area contributed by atoms with Gasteiger partial charge in [-0.25, -0.2) is 0 Å². The summed E-state index contributed by atoms with van der Waals surface area (Å²) < 4.78 is 12.8. The second-order valence-corrected chi connectivity index (χ2v) is 14.4. The zero-order chi connectivity index (χ0) is 35.3. The molecule has 0 atom stereocenters. The van der Waals surface area contributed by atoms with Gasteiger partial charge in [0.1, 0.15) is 22.3 Å². The van der Waals surface area contributed by atoms with Crippen molar-refractivity contribution in [1.29, 1.82) is 0 Å². The highest BCUT2D eigenvalue weighted by molar-refractivity contribution is 6.28. The van der Waals surface area contributed by atoms with E-state index in [2.05, 4.69) is 158 Å². The van der Waals surface area contributed by atoms with Crippen LogP contribution < -0.4 is 0 Å². The molecule has 2 aromatic heterocycles. The average Bonchev–Trinajstić information content (AvgIpc) is 3.82. The Balaban J connectivity index is 1.02. The van der Waals surface area contributed by atoms with E-state index in [0.29, 0.717) is 0 Å². The van der Waals surface area contributed by atoms with Gasteiger partial charge in [0.2, 0.25) is 0 Å². The van der Waals surface area contributed by atoms with E-state index in [0.717, 1.165) is 66.1 Å². The van der Waals surface area contributed by atoms with Gasteiger partial charge in [0.25, 0.3) is 0 Å². The van der Waals surface area contributed by atoms with Crippen molar-refractivity contribution in [3.05, 3.63) is 182 Å². The largest absolute Gasteiger partial charge is 0.455 e. The Labute approximate surface area is 310 Å². The van der Waals surface area contributed by atoms with Crippen molar-refractivity contribution in [2.75, 3.05) is 0 Å². The Morgan fingerprint density at radius 3 is 1.15 bits per heavy atom. The molecule has 0 fully saturated rings. The summed E-state index contributed by atoms with van der Waals surface area (Å²) in [7, 11) is 0. The van der Waals surface area contributed by atoms with Gasteiger partial charge in [-0.05, 0) is 83.9 Å². The van der Waals surface area contributed by atoms with Crippen LogP contribution in [-0.2, 0) is 0 Å². The van der Waals surface area contributed by atoms with Gasteiger partial charge in [-0.15, -0.1) is 0 Å².